The molecule has 4 nitrogen and oxygen atoms in total. The maximum absolute atomic E-state index is 5.91. The second-order valence-electron chi connectivity index (χ2n) is 5.60. The molecule has 2 aromatic rings. The molecule has 1 heterocycles. The van der Waals surface area contributed by atoms with E-state index in [2.05, 4.69) is 37.0 Å². The van der Waals surface area contributed by atoms with Crippen molar-refractivity contribution in [2.24, 2.45) is 11.5 Å². The van der Waals surface area contributed by atoms with Crippen LogP contribution in [0, 0.1) is 0 Å². The van der Waals surface area contributed by atoms with Gasteiger partial charge in [-0.3, -0.25) is 0 Å². The molecule has 0 fully saturated rings. The van der Waals surface area contributed by atoms with Crippen LogP contribution < -0.4 is 17.2 Å². The van der Waals surface area contributed by atoms with E-state index in [9.17, 15) is 0 Å². The predicted octanol–water partition coefficient (Wildman–Crippen LogP) is 2.03. The summed E-state index contributed by atoms with van der Waals surface area (Å²) in [5.41, 5.74) is 21.7. The summed E-state index contributed by atoms with van der Waals surface area (Å²) < 4.78 is 0. The van der Waals surface area contributed by atoms with Crippen LogP contribution in [0.4, 0.5) is 5.82 Å². The van der Waals surface area contributed by atoms with Crippen LogP contribution in [0.15, 0.2) is 36.5 Å². The standard InChI is InChI=1S/C16H22N4/c1-16(2,10-18)12-5-3-4-11(8-12)13-6-7-20-15(19)14(13)9-17/h3-8H,9-10,17-18H2,1-2H3,(H2,19,20). The fourth-order valence-corrected chi connectivity index (χ4v) is 2.22. The van der Waals surface area contributed by atoms with Crippen LogP contribution in [-0.2, 0) is 12.0 Å². The fraction of sp³-hybridized carbons (Fsp3) is 0.312. The van der Waals surface area contributed by atoms with Gasteiger partial charge in [-0.2, -0.15) is 0 Å². The predicted molar refractivity (Wildman–Crippen MR) is 84.1 cm³/mol. The monoisotopic (exact) mass is 270 g/mol. The minimum Gasteiger partial charge on any atom is -0.383 e. The zero-order valence-electron chi connectivity index (χ0n) is 12.1. The highest BCUT2D eigenvalue weighted by molar-refractivity contribution is 5.71. The van der Waals surface area contributed by atoms with Crippen LogP contribution in [0.3, 0.4) is 0 Å². The number of benzene rings is 1. The molecule has 0 aliphatic carbocycles. The van der Waals surface area contributed by atoms with Crippen LogP contribution in [0.1, 0.15) is 25.0 Å². The zero-order chi connectivity index (χ0) is 14.8. The summed E-state index contributed by atoms with van der Waals surface area (Å²) in [6, 6.07) is 10.3. The summed E-state index contributed by atoms with van der Waals surface area (Å²) in [6.07, 6.45) is 1.71. The van der Waals surface area contributed by atoms with Crippen LogP contribution in [0.2, 0.25) is 0 Å². The lowest BCUT2D eigenvalue weighted by Crippen LogP contribution is -2.28. The molecule has 1 aromatic heterocycles. The van der Waals surface area contributed by atoms with Crippen LogP contribution in [0.25, 0.3) is 11.1 Å². The normalized spacial score (nSPS) is 11.6. The van der Waals surface area contributed by atoms with Crippen LogP contribution in [-0.4, -0.2) is 11.5 Å². The van der Waals surface area contributed by atoms with Gasteiger partial charge >= 0.3 is 0 Å². The van der Waals surface area contributed by atoms with E-state index in [1.165, 1.54) is 5.56 Å². The van der Waals surface area contributed by atoms with Gasteiger partial charge in [0.15, 0.2) is 0 Å². The molecule has 1 aromatic carbocycles. The molecule has 0 amide bonds. The Morgan fingerprint density at radius 1 is 1.15 bits per heavy atom. The molecule has 106 valence electrons. The number of nitrogen functional groups attached to an aromatic ring is 1. The number of nitrogens with zero attached hydrogens (tertiary/aromatic N) is 1. The van der Waals surface area contributed by atoms with Gasteiger partial charge in [-0.05, 0) is 22.8 Å². The third-order valence-corrected chi connectivity index (χ3v) is 3.76. The molecule has 0 spiro atoms. The average molecular weight is 270 g/mol. The van der Waals surface area contributed by atoms with Gasteiger partial charge < -0.3 is 17.2 Å². The van der Waals surface area contributed by atoms with E-state index in [4.69, 9.17) is 17.2 Å². The van der Waals surface area contributed by atoms with Crippen LogP contribution in [0.5, 0.6) is 0 Å². The number of aromatic nitrogens is 1. The number of pyridine rings is 1. The second kappa shape index (κ2) is 5.61. The number of nitrogens with two attached hydrogens (primary N) is 3. The molecule has 0 saturated heterocycles. The van der Waals surface area contributed by atoms with Gasteiger partial charge in [0.2, 0.25) is 0 Å². The Labute approximate surface area is 120 Å². The van der Waals surface area contributed by atoms with Gasteiger partial charge in [0, 0.05) is 30.3 Å². The summed E-state index contributed by atoms with van der Waals surface area (Å²) >= 11 is 0. The van der Waals surface area contributed by atoms with Gasteiger partial charge in [0.05, 0.1) is 0 Å². The first kappa shape index (κ1) is 14.5. The molecule has 2 rings (SSSR count). The van der Waals surface area contributed by atoms with Crippen molar-refractivity contribution in [3.63, 3.8) is 0 Å². The van der Waals surface area contributed by atoms with E-state index in [0.29, 0.717) is 18.9 Å². The quantitative estimate of drug-likeness (QED) is 0.792. The number of hydrogen-bond donors (Lipinski definition) is 3. The highest BCUT2D eigenvalue weighted by Gasteiger charge is 2.19. The summed E-state index contributed by atoms with van der Waals surface area (Å²) in [7, 11) is 0. The van der Waals surface area contributed by atoms with E-state index in [1.54, 1.807) is 6.20 Å². The van der Waals surface area contributed by atoms with E-state index in [-0.39, 0.29) is 5.41 Å². The first-order valence-electron chi connectivity index (χ1n) is 6.74. The lowest BCUT2D eigenvalue weighted by molar-refractivity contribution is 0.539. The number of anilines is 1. The Balaban J connectivity index is 2.55. The van der Waals surface area contributed by atoms with Crippen molar-refractivity contribution in [1.29, 1.82) is 0 Å². The zero-order valence-corrected chi connectivity index (χ0v) is 12.1. The summed E-state index contributed by atoms with van der Waals surface area (Å²) in [4.78, 5) is 4.10. The molecular formula is C16H22N4. The molecule has 0 unspecified atom stereocenters. The minimum absolute atomic E-state index is 0.0581. The molecule has 0 saturated carbocycles. The third-order valence-electron chi connectivity index (χ3n) is 3.76. The topological polar surface area (TPSA) is 90.9 Å². The van der Waals surface area contributed by atoms with E-state index in [0.717, 1.165) is 16.7 Å². The van der Waals surface area contributed by atoms with Crippen molar-refractivity contribution in [2.45, 2.75) is 25.8 Å². The fourth-order valence-electron chi connectivity index (χ4n) is 2.22. The lowest BCUT2D eigenvalue weighted by Gasteiger charge is -2.24. The maximum Gasteiger partial charge on any atom is 0.128 e. The molecular weight excluding hydrogens is 248 g/mol. The minimum atomic E-state index is -0.0581. The van der Waals surface area contributed by atoms with Crippen LogP contribution >= 0.6 is 0 Å². The van der Waals surface area contributed by atoms with Gasteiger partial charge in [-0.15, -0.1) is 0 Å². The molecule has 0 aliphatic rings. The average Bonchev–Trinajstić information content (AvgIpc) is 2.47. The summed E-state index contributed by atoms with van der Waals surface area (Å²) in [6.45, 7) is 5.24. The van der Waals surface area contributed by atoms with Crippen molar-refractivity contribution >= 4 is 5.82 Å². The highest BCUT2D eigenvalue weighted by atomic mass is 14.8. The Morgan fingerprint density at radius 2 is 1.90 bits per heavy atom. The lowest BCUT2D eigenvalue weighted by atomic mass is 9.83. The van der Waals surface area contributed by atoms with Crippen molar-refractivity contribution in [1.82, 2.24) is 4.98 Å². The largest absolute Gasteiger partial charge is 0.383 e. The molecule has 0 aliphatic heterocycles. The first-order chi connectivity index (χ1) is 9.49. The van der Waals surface area contributed by atoms with E-state index >= 15 is 0 Å². The second-order valence-corrected chi connectivity index (χ2v) is 5.60. The van der Waals surface area contributed by atoms with Gasteiger partial charge in [0.25, 0.3) is 0 Å². The van der Waals surface area contributed by atoms with Crippen molar-refractivity contribution in [3.05, 3.63) is 47.7 Å². The first-order valence-corrected chi connectivity index (χ1v) is 6.74. The van der Waals surface area contributed by atoms with Gasteiger partial charge in [0.1, 0.15) is 5.82 Å². The Kier molecular flexibility index (Phi) is 4.06. The van der Waals surface area contributed by atoms with Crippen molar-refractivity contribution in [2.75, 3.05) is 12.3 Å². The summed E-state index contributed by atoms with van der Waals surface area (Å²) in [5, 5.41) is 0. The number of rotatable bonds is 4. The maximum atomic E-state index is 5.91. The van der Waals surface area contributed by atoms with Crippen molar-refractivity contribution in [3.8, 4) is 11.1 Å². The Bertz CT molecular complexity index is 605. The van der Waals surface area contributed by atoms with Gasteiger partial charge in [-0.1, -0.05) is 38.1 Å². The molecule has 0 atom stereocenters. The highest BCUT2D eigenvalue weighted by Crippen LogP contribution is 2.30. The number of hydrogen-bond acceptors (Lipinski definition) is 4. The molecule has 6 N–H and O–H groups in total. The van der Waals surface area contributed by atoms with Crippen molar-refractivity contribution < 1.29 is 0 Å². The Hall–Kier alpha value is -1.91. The molecule has 0 radical (unpaired) electrons. The van der Waals surface area contributed by atoms with E-state index in [1.807, 2.05) is 12.1 Å². The molecule has 20 heavy (non-hydrogen) atoms. The van der Waals surface area contributed by atoms with Gasteiger partial charge in [-0.25, -0.2) is 4.98 Å². The molecule has 0 bridgehead atoms. The smallest absolute Gasteiger partial charge is 0.128 e. The third kappa shape index (κ3) is 2.66. The Morgan fingerprint density at radius 3 is 2.55 bits per heavy atom. The molecule has 4 heteroatoms. The summed E-state index contributed by atoms with van der Waals surface area (Å²) in [5.74, 6) is 0.494. The van der Waals surface area contributed by atoms with E-state index < -0.39 is 0 Å². The SMILES string of the molecule is CC(C)(CN)c1cccc(-c2ccnc(N)c2CN)c1.